The van der Waals surface area contributed by atoms with E-state index in [0.29, 0.717) is 16.9 Å². The number of carbonyl (C=O) groups is 1. The summed E-state index contributed by atoms with van der Waals surface area (Å²) in [5, 5.41) is 9.25. The molecule has 7 heteroatoms. The van der Waals surface area contributed by atoms with Crippen LogP contribution < -0.4 is 9.47 Å². The first-order chi connectivity index (χ1) is 12.5. The van der Waals surface area contributed by atoms with Gasteiger partial charge in [0.25, 0.3) is 0 Å². The van der Waals surface area contributed by atoms with Crippen molar-refractivity contribution < 1.29 is 23.4 Å². The number of hydrogen-bond acceptors (Lipinski definition) is 5. The molecule has 0 N–H and O–H groups in total. The molecule has 0 atom stereocenters. The Morgan fingerprint density at radius 3 is 2.69 bits per heavy atom. The number of ether oxygens (including phenoxy) is 3. The van der Waals surface area contributed by atoms with Crippen LogP contribution in [0.4, 0.5) is 4.39 Å². The van der Waals surface area contributed by atoms with Gasteiger partial charge in [-0.3, -0.25) is 0 Å². The lowest BCUT2D eigenvalue weighted by atomic mass is 10.1. The smallest absolute Gasteiger partial charge is 0.348 e. The van der Waals surface area contributed by atoms with Gasteiger partial charge in [-0.2, -0.15) is 5.26 Å². The van der Waals surface area contributed by atoms with Gasteiger partial charge in [0, 0.05) is 0 Å². The SMILES string of the molecule is COC(=O)C(C#N)=Cc1cc(Cl)c(OCc2cccc(F)c2)c(OC)c1. The Morgan fingerprint density at radius 2 is 2.08 bits per heavy atom. The molecule has 0 heterocycles. The largest absolute Gasteiger partial charge is 0.493 e. The quantitative estimate of drug-likeness (QED) is 0.431. The van der Waals surface area contributed by atoms with E-state index in [-0.39, 0.29) is 28.8 Å². The number of halogens is 2. The molecule has 2 aromatic carbocycles. The van der Waals surface area contributed by atoms with E-state index < -0.39 is 5.97 Å². The third kappa shape index (κ3) is 4.74. The summed E-state index contributed by atoms with van der Waals surface area (Å²) < 4.78 is 28.7. The summed E-state index contributed by atoms with van der Waals surface area (Å²) in [6.45, 7) is 0.0919. The van der Waals surface area contributed by atoms with E-state index in [1.165, 1.54) is 38.5 Å². The standard InChI is InChI=1S/C19H15ClFNO4/c1-24-17-9-13(6-14(10-22)19(23)25-2)8-16(20)18(17)26-11-12-4-3-5-15(21)7-12/h3-9H,11H2,1-2H3. The Bertz CT molecular complexity index is 890. The summed E-state index contributed by atoms with van der Waals surface area (Å²) in [5.41, 5.74) is 0.913. The van der Waals surface area contributed by atoms with Crippen molar-refractivity contribution in [1.82, 2.24) is 0 Å². The zero-order valence-electron chi connectivity index (χ0n) is 14.1. The molecular weight excluding hydrogens is 361 g/mol. The van der Waals surface area contributed by atoms with Gasteiger partial charge in [-0.1, -0.05) is 23.7 Å². The maximum atomic E-state index is 13.2. The second kappa shape index (κ2) is 8.88. The molecule has 0 amide bonds. The second-order valence-corrected chi connectivity index (χ2v) is 5.52. The normalized spacial score (nSPS) is 10.8. The van der Waals surface area contributed by atoms with Crippen LogP contribution >= 0.6 is 11.6 Å². The number of benzene rings is 2. The highest BCUT2D eigenvalue weighted by Gasteiger charge is 2.14. The summed E-state index contributed by atoms with van der Waals surface area (Å²) >= 11 is 6.24. The van der Waals surface area contributed by atoms with Crippen molar-refractivity contribution in [3.05, 3.63) is 63.9 Å². The number of nitrogens with zero attached hydrogens (tertiary/aromatic N) is 1. The molecule has 2 rings (SSSR count). The van der Waals surface area contributed by atoms with Gasteiger partial charge >= 0.3 is 5.97 Å². The monoisotopic (exact) mass is 375 g/mol. The first kappa shape index (κ1) is 19.3. The molecule has 0 aliphatic carbocycles. The maximum Gasteiger partial charge on any atom is 0.348 e. The van der Waals surface area contributed by atoms with Crippen LogP contribution in [0.5, 0.6) is 11.5 Å². The fourth-order valence-electron chi connectivity index (χ4n) is 2.16. The van der Waals surface area contributed by atoms with Crippen LogP contribution in [0, 0.1) is 17.1 Å². The summed E-state index contributed by atoms with van der Waals surface area (Å²) in [6, 6.07) is 10.8. The molecule has 0 aliphatic heterocycles. The van der Waals surface area contributed by atoms with Gasteiger partial charge < -0.3 is 14.2 Å². The number of rotatable bonds is 6. The van der Waals surface area contributed by atoms with Gasteiger partial charge in [0.2, 0.25) is 0 Å². The van der Waals surface area contributed by atoms with Gasteiger partial charge in [0.1, 0.15) is 24.1 Å². The Balaban J connectivity index is 2.30. The van der Waals surface area contributed by atoms with Crippen LogP contribution in [-0.2, 0) is 16.1 Å². The van der Waals surface area contributed by atoms with Crippen molar-refractivity contribution in [2.45, 2.75) is 6.61 Å². The highest BCUT2D eigenvalue weighted by molar-refractivity contribution is 6.32. The molecule has 0 aromatic heterocycles. The minimum atomic E-state index is -0.756. The molecule has 0 spiro atoms. The zero-order chi connectivity index (χ0) is 19.1. The van der Waals surface area contributed by atoms with Crippen LogP contribution in [-0.4, -0.2) is 20.2 Å². The number of methoxy groups -OCH3 is 2. The van der Waals surface area contributed by atoms with E-state index >= 15 is 0 Å². The minimum absolute atomic E-state index is 0.0919. The lowest BCUT2D eigenvalue weighted by Crippen LogP contribution is -2.03. The number of nitriles is 1. The highest BCUT2D eigenvalue weighted by Crippen LogP contribution is 2.37. The highest BCUT2D eigenvalue weighted by atomic mass is 35.5. The van der Waals surface area contributed by atoms with Crippen LogP contribution in [0.3, 0.4) is 0 Å². The van der Waals surface area contributed by atoms with Crippen LogP contribution in [0.15, 0.2) is 42.0 Å². The number of esters is 1. The third-order valence-corrected chi connectivity index (χ3v) is 3.64. The van der Waals surface area contributed by atoms with Crippen molar-refractivity contribution >= 4 is 23.6 Å². The van der Waals surface area contributed by atoms with E-state index in [1.54, 1.807) is 24.3 Å². The third-order valence-electron chi connectivity index (χ3n) is 3.36. The van der Waals surface area contributed by atoms with Gasteiger partial charge in [-0.15, -0.1) is 0 Å². The lowest BCUT2D eigenvalue weighted by molar-refractivity contribution is -0.135. The molecule has 0 saturated heterocycles. The van der Waals surface area contributed by atoms with Gasteiger partial charge in [-0.05, 0) is 41.5 Å². The van der Waals surface area contributed by atoms with Gasteiger partial charge in [0.05, 0.1) is 19.2 Å². The average Bonchev–Trinajstić information content (AvgIpc) is 2.64. The molecule has 0 saturated carbocycles. The lowest BCUT2D eigenvalue weighted by Gasteiger charge is -2.13. The summed E-state index contributed by atoms with van der Waals surface area (Å²) in [7, 11) is 2.62. The Morgan fingerprint density at radius 1 is 1.31 bits per heavy atom. The molecule has 134 valence electrons. The Labute approximate surface area is 155 Å². The maximum absolute atomic E-state index is 13.2. The van der Waals surface area contributed by atoms with Crippen molar-refractivity contribution in [2.24, 2.45) is 0 Å². The molecule has 0 radical (unpaired) electrons. The first-order valence-electron chi connectivity index (χ1n) is 7.43. The fraction of sp³-hybridized carbons (Fsp3) is 0.158. The van der Waals surface area contributed by atoms with Crippen molar-refractivity contribution in [3.8, 4) is 17.6 Å². The summed E-state index contributed by atoms with van der Waals surface area (Å²) in [4.78, 5) is 11.5. The number of hydrogen-bond donors (Lipinski definition) is 0. The second-order valence-electron chi connectivity index (χ2n) is 5.11. The van der Waals surface area contributed by atoms with E-state index in [2.05, 4.69) is 4.74 Å². The van der Waals surface area contributed by atoms with Crippen molar-refractivity contribution in [2.75, 3.05) is 14.2 Å². The zero-order valence-corrected chi connectivity index (χ0v) is 14.8. The Hall–Kier alpha value is -3.04. The Kier molecular flexibility index (Phi) is 6.59. The van der Waals surface area contributed by atoms with E-state index in [1.807, 2.05) is 0 Å². The first-order valence-corrected chi connectivity index (χ1v) is 7.81. The summed E-state index contributed by atoms with van der Waals surface area (Å²) in [6.07, 6.45) is 1.33. The number of carbonyl (C=O) groups excluding carboxylic acids is 1. The topological polar surface area (TPSA) is 68.6 Å². The predicted molar refractivity (Wildman–Crippen MR) is 94.3 cm³/mol. The van der Waals surface area contributed by atoms with Crippen LogP contribution in [0.1, 0.15) is 11.1 Å². The van der Waals surface area contributed by atoms with Crippen LogP contribution in [0.25, 0.3) is 6.08 Å². The van der Waals surface area contributed by atoms with Crippen molar-refractivity contribution in [1.29, 1.82) is 5.26 Å². The molecule has 0 fully saturated rings. The molecule has 0 unspecified atom stereocenters. The molecule has 0 aliphatic rings. The predicted octanol–water partition coefficient (Wildman–Crippen LogP) is 4.15. The van der Waals surface area contributed by atoms with E-state index in [0.717, 1.165) is 0 Å². The molecule has 5 nitrogen and oxygen atoms in total. The molecule has 26 heavy (non-hydrogen) atoms. The molecular formula is C19H15ClFNO4. The minimum Gasteiger partial charge on any atom is -0.493 e. The van der Waals surface area contributed by atoms with Gasteiger partial charge in [-0.25, -0.2) is 9.18 Å². The van der Waals surface area contributed by atoms with E-state index in [4.69, 9.17) is 26.3 Å². The molecule has 2 aromatic rings. The van der Waals surface area contributed by atoms with Crippen LogP contribution in [0.2, 0.25) is 5.02 Å². The molecule has 0 bridgehead atoms. The fourth-order valence-corrected chi connectivity index (χ4v) is 2.43. The van der Waals surface area contributed by atoms with Gasteiger partial charge in [0.15, 0.2) is 11.5 Å². The summed E-state index contributed by atoms with van der Waals surface area (Å²) in [5.74, 6) is -0.542. The van der Waals surface area contributed by atoms with Crippen molar-refractivity contribution in [3.63, 3.8) is 0 Å². The van der Waals surface area contributed by atoms with E-state index in [9.17, 15) is 9.18 Å². The average molecular weight is 376 g/mol.